The summed E-state index contributed by atoms with van der Waals surface area (Å²) in [5.41, 5.74) is 3.62. The Hall–Kier alpha value is -3.04. The van der Waals surface area contributed by atoms with Gasteiger partial charge in [-0.25, -0.2) is 13.1 Å². The zero-order valence-corrected chi connectivity index (χ0v) is 20.8. The predicted molar refractivity (Wildman–Crippen MR) is 134 cm³/mol. The summed E-state index contributed by atoms with van der Waals surface area (Å²) < 4.78 is 29.5. The molecule has 1 fully saturated rings. The van der Waals surface area contributed by atoms with Crippen molar-refractivity contribution in [2.24, 2.45) is 0 Å². The second-order valence-electron chi connectivity index (χ2n) is 9.52. The van der Waals surface area contributed by atoms with Crippen molar-refractivity contribution >= 4 is 21.6 Å². The van der Waals surface area contributed by atoms with E-state index in [4.69, 9.17) is 0 Å². The largest absolute Gasteiger partial charge is 0.326 e. The number of nitrogens with zero attached hydrogens (tertiary/aromatic N) is 3. The maximum absolute atomic E-state index is 12.7. The number of aromatic nitrogens is 3. The molecule has 35 heavy (non-hydrogen) atoms. The second kappa shape index (κ2) is 9.91. The monoisotopic (exact) mass is 493 g/mol. The number of fused-ring (bicyclic) bond motifs is 1. The lowest BCUT2D eigenvalue weighted by atomic mass is 10.1. The van der Waals surface area contributed by atoms with Crippen LogP contribution in [0.15, 0.2) is 47.4 Å². The molecule has 3 aromatic rings. The van der Waals surface area contributed by atoms with E-state index >= 15 is 0 Å². The minimum absolute atomic E-state index is 0.0741. The summed E-state index contributed by atoms with van der Waals surface area (Å²) >= 11 is 0. The normalized spacial score (nSPS) is 15.9. The van der Waals surface area contributed by atoms with Gasteiger partial charge in [0.15, 0.2) is 5.82 Å². The minimum Gasteiger partial charge on any atom is -0.326 e. The number of benzene rings is 2. The van der Waals surface area contributed by atoms with Gasteiger partial charge in [-0.3, -0.25) is 4.79 Å². The number of hydrogen-bond acceptors (Lipinski definition) is 5. The molecule has 1 aliphatic heterocycles. The van der Waals surface area contributed by atoms with Crippen molar-refractivity contribution in [3.8, 4) is 11.4 Å². The fraction of sp³-hybridized carbons (Fsp3) is 0.423. The molecule has 9 heteroatoms. The Morgan fingerprint density at radius 1 is 1.06 bits per heavy atom. The van der Waals surface area contributed by atoms with Gasteiger partial charge in [-0.2, -0.15) is 0 Å². The summed E-state index contributed by atoms with van der Waals surface area (Å²) in [6, 6.07) is 12.8. The molecule has 2 heterocycles. The van der Waals surface area contributed by atoms with Gasteiger partial charge in [0.2, 0.25) is 15.9 Å². The molecule has 8 nitrogen and oxygen atoms in total. The first-order chi connectivity index (χ1) is 16.9. The van der Waals surface area contributed by atoms with Gasteiger partial charge in [0.1, 0.15) is 5.82 Å². The van der Waals surface area contributed by atoms with Crippen LogP contribution in [0, 0.1) is 6.92 Å². The first kappa shape index (κ1) is 23.7. The summed E-state index contributed by atoms with van der Waals surface area (Å²) in [5.74, 6) is 1.80. The summed E-state index contributed by atoms with van der Waals surface area (Å²) in [6.07, 6.45) is 7.04. The number of amides is 1. The second-order valence-corrected chi connectivity index (χ2v) is 11.2. The summed E-state index contributed by atoms with van der Waals surface area (Å²) in [5, 5.41) is 11.9. The van der Waals surface area contributed by atoms with E-state index in [2.05, 4.69) is 24.8 Å². The van der Waals surface area contributed by atoms with E-state index in [1.165, 1.54) is 6.42 Å². The maximum Gasteiger partial charge on any atom is 0.240 e. The number of sulfonamides is 1. The molecule has 5 rings (SSSR count). The highest BCUT2D eigenvalue weighted by molar-refractivity contribution is 7.89. The molecule has 2 aliphatic rings. The molecular formula is C26H31N5O3S. The Morgan fingerprint density at radius 3 is 2.63 bits per heavy atom. The van der Waals surface area contributed by atoms with Crippen LogP contribution in [0.4, 0.5) is 5.69 Å². The summed E-state index contributed by atoms with van der Waals surface area (Å²) in [7, 11) is -3.46. The van der Waals surface area contributed by atoms with Crippen molar-refractivity contribution in [1.82, 2.24) is 19.5 Å². The van der Waals surface area contributed by atoms with Crippen LogP contribution in [-0.4, -0.2) is 35.1 Å². The van der Waals surface area contributed by atoms with E-state index in [1.54, 1.807) is 24.3 Å². The fourth-order valence-corrected chi connectivity index (χ4v) is 5.69. The van der Waals surface area contributed by atoms with E-state index in [9.17, 15) is 13.2 Å². The van der Waals surface area contributed by atoms with Crippen LogP contribution in [0.5, 0.6) is 0 Å². The number of carbonyl (C=O) groups is 1. The van der Waals surface area contributed by atoms with E-state index < -0.39 is 10.0 Å². The first-order valence-corrected chi connectivity index (χ1v) is 13.8. The Morgan fingerprint density at radius 2 is 1.86 bits per heavy atom. The Balaban J connectivity index is 1.22. The molecule has 0 radical (unpaired) electrons. The fourth-order valence-electron chi connectivity index (χ4n) is 4.39. The van der Waals surface area contributed by atoms with E-state index in [-0.39, 0.29) is 16.8 Å². The maximum atomic E-state index is 12.7. The van der Waals surface area contributed by atoms with Gasteiger partial charge in [-0.1, -0.05) is 30.7 Å². The molecule has 1 aliphatic carbocycles. The van der Waals surface area contributed by atoms with Crippen molar-refractivity contribution in [3.05, 3.63) is 59.4 Å². The average Bonchev–Trinajstić information content (AvgIpc) is 3.61. The van der Waals surface area contributed by atoms with Crippen LogP contribution in [0.2, 0.25) is 0 Å². The number of carbonyl (C=O) groups excluding carboxylic acids is 1. The molecule has 0 unspecified atom stereocenters. The first-order valence-electron chi connectivity index (χ1n) is 12.3. The highest BCUT2D eigenvalue weighted by Gasteiger charge is 2.27. The Labute approximate surface area is 206 Å². The zero-order valence-electron chi connectivity index (χ0n) is 20.0. The average molecular weight is 494 g/mol. The van der Waals surface area contributed by atoms with Gasteiger partial charge in [-0.05, 0) is 68.4 Å². The molecule has 1 saturated carbocycles. The zero-order chi connectivity index (χ0) is 24.4. The van der Waals surface area contributed by atoms with Gasteiger partial charge in [0.25, 0.3) is 0 Å². The van der Waals surface area contributed by atoms with E-state index in [0.717, 1.165) is 72.7 Å². The van der Waals surface area contributed by atoms with Crippen LogP contribution in [0.3, 0.4) is 0 Å². The lowest BCUT2D eigenvalue weighted by molar-refractivity contribution is -0.116. The third kappa shape index (κ3) is 5.62. The van der Waals surface area contributed by atoms with Crippen molar-refractivity contribution in [3.63, 3.8) is 0 Å². The lowest BCUT2D eigenvalue weighted by Gasteiger charge is -2.12. The number of aryl methyl sites for hydroxylation is 3. The van der Waals surface area contributed by atoms with Crippen LogP contribution in [0.25, 0.3) is 11.4 Å². The van der Waals surface area contributed by atoms with Crippen LogP contribution in [-0.2, 0) is 34.2 Å². The van der Waals surface area contributed by atoms with Gasteiger partial charge >= 0.3 is 0 Å². The lowest BCUT2D eigenvalue weighted by Crippen LogP contribution is -2.25. The smallest absolute Gasteiger partial charge is 0.240 e. The van der Waals surface area contributed by atoms with Crippen LogP contribution in [0.1, 0.15) is 55.5 Å². The van der Waals surface area contributed by atoms with Crippen LogP contribution >= 0.6 is 0 Å². The Kier molecular flexibility index (Phi) is 6.71. The molecule has 2 aromatic carbocycles. The molecule has 0 saturated heterocycles. The molecule has 0 spiro atoms. The van der Waals surface area contributed by atoms with Crippen molar-refractivity contribution in [2.75, 3.05) is 5.32 Å². The quantitative estimate of drug-likeness (QED) is 0.494. The minimum atomic E-state index is -3.46. The number of anilines is 1. The highest BCUT2D eigenvalue weighted by atomic mass is 32.2. The van der Waals surface area contributed by atoms with Crippen molar-refractivity contribution in [1.29, 1.82) is 0 Å². The summed E-state index contributed by atoms with van der Waals surface area (Å²) in [4.78, 5) is 13.0. The third-order valence-corrected chi connectivity index (χ3v) is 8.19. The van der Waals surface area contributed by atoms with Crippen molar-refractivity contribution < 1.29 is 13.2 Å². The van der Waals surface area contributed by atoms with Crippen molar-refractivity contribution in [2.45, 2.75) is 75.8 Å². The highest BCUT2D eigenvalue weighted by Crippen LogP contribution is 2.27. The molecule has 1 amide bonds. The number of nitrogens with one attached hydrogen (secondary N) is 2. The number of rotatable bonds is 8. The molecule has 2 N–H and O–H groups in total. The van der Waals surface area contributed by atoms with Gasteiger partial charge in [-0.15, -0.1) is 10.2 Å². The molecule has 0 atom stereocenters. The van der Waals surface area contributed by atoms with Crippen LogP contribution < -0.4 is 10.0 Å². The molecular weight excluding hydrogens is 462 g/mol. The topological polar surface area (TPSA) is 106 Å². The third-order valence-electron chi connectivity index (χ3n) is 6.65. The summed E-state index contributed by atoms with van der Waals surface area (Å²) in [6.45, 7) is 2.89. The standard InChI is InChI=1S/C26H31N5O3S/c1-18-6-10-20(26-29-28-24-5-3-2-4-16-31(24)26)17-23(18)27-25(32)15-9-19-7-13-22(14-8-19)35(33,34)30-21-11-12-21/h6-8,10,13-14,17,21,30H,2-5,9,11-12,15-16H2,1H3,(H,27,32). The Bertz CT molecular complexity index is 1330. The number of hydrogen-bond donors (Lipinski definition) is 2. The molecule has 0 bridgehead atoms. The molecule has 184 valence electrons. The predicted octanol–water partition coefficient (Wildman–Crippen LogP) is 3.99. The SMILES string of the molecule is Cc1ccc(-c2nnc3n2CCCCC3)cc1NC(=O)CCc1ccc(S(=O)(=O)NC2CC2)cc1. The van der Waals surface area contributed by atoms with Gasteiger partial charge < -0.3 is 9.88 Å². The van der Waals surface area contributed by atoms with Gasteiger partial charge in [0.05, 0.1) is 4.90 Å². The van der Waals surface area contributed by atoms with E-state index in [0.29, 0.717) is 12.8 Å². The molecule has 1 aromatic heterocycles. The van der Waals surface area contributed by atoms with Gasteiger partial charge in [0, 0.05) is 36.7 Å². The van der Waals surface area contributed by atoms with E-state index in [1.807, 2.05) is 25.1 Å².